The lowest BCUT2D eigenvalue weighted by atomic mass is 9.86. The van der Waals surface area contributed by atoms with Crippen LogP contribution >= 0.6 is 0 Å². The van der Waals surface area contributed by atoms with Crippen LogP contribution in [-0.4, -0.2) is 49.8 Å². The molecule has 0 bridgehead atoms. The molecule has 2 atom stereocenters. The lowest BCUT2D eigenvalue weighted by Gasteiger charge is -2.43. The summed E-state index contributed by atoms with van der Waals surface area (Å²) in [5.41, 5.74) is -1.31. The molecule has 172 valence electrons. The molecule has 0 N–H and O–H groups in total. The number of carbonyl (C=O) groups is 1. The molecule has 0 radical (unpaired) electrons. The van der Waals surface area contributed by atoms with Gasteiger partial charge < -0.3 is 19.1 Å². The van der Waals surface area contributed by atoms with Crippen LogP contribution in [0.3, 0.4) is 0 Å². The summed E-state index contributed by atoms with van der Waals surface area (Å²) >= 11 is 0. The topological polar surface area (TPSA) is 58.6 Å². The maximum absolute atomic E-state index is 14.1. The first-order chi connectivity index (χ1) is 16.0. The van der Waals surface area contributed by atoms with Crippen molar-refractivity contribution < 1.29 is 23.9 Å². The molecule has 4 rings (SSSR count). The Hall–Kier alpha value is -3.15. The first kappa shape index (κ1) is 23.0. The standard InChI is InChI=1S/C28H31NO4/c1-29(20-21-32-25-16-9-4-10-17-25)19-11-18-26(22-29)33-27(30)28(31,23-12-5-2-6-13-23)24-14-7-3-8-15-24/h2-10,12-17,26H,11,18-22H2,1H3/t26-,29+/m0/s1. The number of hydrogen-bond acceptors (Lipinski definition) is 4. The molecule has 5 heteroatoms. The van der Waals surface area contributed by atoms with E-state index in [1.54, 1.807) is 48.5 Å². The highest BCUT2D eigenvalue weighted by Crippen LogP contribution is 2.30. The van der Waals surface area contributed by atoms with Crippen LogP contribution in [0.15, 0.2) is 91.0 Å². The van der Waals surface area contributed by atoms with Crippen LogP contribution in [0.1, 0.15) is 24.0 Å². The number of esters is 1. The van der Waals surface area contributed by atoms with Crippen molar-refractivity contribution in [3.05, 3.63) is 102 Å². The highest BCUT2D eigenvalue weighted by Gasteiger charge is 2.38. The Morgan fingerprint density at radius 2 is 1.48 bits per heavy atom. The molecule has 0 aliphatic carbocycles. The second-order valence-corrected chi connectivity index (χ2v) is 8.99. The van der Waals surface area contributed by atoms with Gasteiger partial charge in [0.15, 0.2) is 6.10 Å². The Morgan fingerprint density at radius 3 is 2.06 bits per heavy atom. The number of ether oxygens (including phenoxy) is 2. The zero-order valence-corrected chi connectivity index (χ0v) is 19.1. The molecule has 3 aromatic carbocycles. The van der Waals surface area contributed by atoms with E-state index in [9.17, 15) is 9.90 Å². The van der Waals surface area contributed by atoms with Crippen LogP contribution in [0.2, 0.25) is 0 Å². The van der Waals surface area contributed by atoms with E-state index in [2.05, 4.69) is 7.05 Å². The summed E-state index contributed by atoms with van der Waals surface area (Å²) in [4.78, 5) is 13.4. The summed E-state index contributed by atoms with van der Waals surface area (Å²) < 4.78 is 12.5. The Morgan fingerprint density at radius 1 is 0.939 bits per heavy atom. The minimum atomic E-state index is -2.10. The van der Waals surface area contributed by atoms with Gasteiger partial charge in [0.05, 0.1) is 13.6 Å². The Bertz CT molecular complexity index is 986. The van der Waals surface area contributed by atoms with Crippen molar-refractivity contribution in [3.8, 4) is 5.75 Å². The van der Waals surface area contributed by atoms with Crippen molar-refractivity contribution in [1.82, 2.24) is 0 Å². The second kappa shape index (κ2) is 10.2. The molecule has 33 heavy (non-hydrogen) atoms. The van der Waals surface area contributed by atoms with Gasteiger partial charge in [0.25, 0.3) is 0 Å². The SMILES string of the molecule is C[N@+]1(CCOc2ccccc2)CCC[C@H](OC(=O)C([O-])(c2ccccc2)c2ccccc2)C1. The van der Waals surface area contributed by atoms with E-state index in [-0.39, 0.29) is 6.10 Å². The number of piperidine rings is 1. The molecule has 1 aliphatic rings. The smallest absolute Gasteiger partial charge is 0.304 e. The largest absolute Gasteiger partial charge is 0.834 e. The maximum Gasteiger partial charge on any atom is 0.304 e. The third-order valence-corrected chi connectivity index (χ3v) is 6.43. The molecule has 1 aliphatic heterocycles. The molecule has 1 saturated heterocycles. The number of carbonyl (C=O) groups excluding carboxylic acids is 1. The van der Waals surface area contributed by atoms with Gasteiger partial charge in [-0.1, -0.05) is 78.9 Å². The van der Waals surface area contributed by atoms with Crippen molar-refractivity contribution in [1.29, 1.82) is 0 Å². The zero-order chi connectivity index (χ0) is 23.2. The molecule has 0 spiro atoms. The molecule has 0 unspecified atom stereocenters. The summed E-state index contributed by atoms with van der Waals surface area (Å²) in [5.74, 6) is 0.116. The van der Waals surface area contributed by atoms with E-state index in [1.165, 1.54) is 0 Å². The minimum Gasteiger partial charge on any atom is -0.834 e. The third-order valence-electron chi connectivity index (χ3n) is 6.43. The summed E-state index contributed by atoms with van der Waals surface area (Å²) in [5, 5.41) is 14.1. The fourth-order valence-electron chi connectivity index (χ4n) is 4.56. The number of nitrogens with zero attached hydrogens (tertiary/aromatic N) is 1. The van der Waals surface area contributed by atoms with Crippen molar-refractivity contribution >= 4 is 5.97 Å². The van der Waals surface area contributed by atoms with E-state index in [1.807, 2.05) is 42.5 Å². The number of benzene rings is 3. The third kappa shape index (κ3) is 5.44. The first-order valence-electron chi connectivity index (χ1n) is 11.5. The molecule has 1 heterocycles. The summed E-state index contributed by atoms with van der Waals surface area (Å²) in [6, 6.07) is 27.3. The number of para-hydroxylation sites is 1. The van der Waals surface area contributed by atoms with Gasteiger partial charge in [-0.25, -0.2) is 0 Å². The minimum absolute atomic E-state index is 0.297. The Balaban J connectivity index is 1.44. The van der Waals surface area contributed by atoms with Crippen molar-refractivity contribution in [2.24, 2.45) is 0 Å². The number of likely N-dealkylation sites (tertiary alicyclic amines) is 1. The van der Waals surface area contributed by atoms with Crippen molar-refractivity contribution in [2.75, 3.05) is 33.3 Å². The lowest BCUT2D eigenvalue weighted by molar-refractivity contribution is -0.917. The van der Waals surface area contributed by atoms with Crippen molar-refractivity contribution in [3.63, 3.8) is 0 Å². The zero-order valence-electron chi connectivity index (χ0n) is 19.1. The fraction of sp³-hybridized carbons (Fsp3) is 0.321. The number of hydrogen-bond donors (Lipinski definition) is 0. The van der Waals surface area contributed by atoms with Gasteiger partial charge in [-0.2, -0.15) is 0 Å². The van der Waals surface area contributed by atoms with E-state index in [4.69, 9.17) is 9.47 Å². The van der Waals surface area contributed by atoms with Gasteiger partial charge in [-0.05, 0) is 29.7 Å². The molecular formula is C28H31NO4. The molecule has 3 aromatic rings. The second-order valence-electron chi connectivity index (χ2n) is 8.99. The molecule has 1 fully saturated rings. The van der Waals surface area contributed by atoms with Gasteiger partial charge in [-0.15, -0.1) is 0 Å². The maximum atomic E-state index is 14.1. The van der Waals surface area contributed by atoms with Gasteiger partial charge in [0, 0.05) is 12.0 Å². The van der Waals surface area contributed by atoms with Gasteiger partial charge in [0.1, 0.15) is 25.4 Å². The number of rotatable bonds is 8. The summed E-state index contributed by atoms with van der Waals surface area (Å²) in [6.07, 6.45) is 1.40. The normalized spacial score (nSPS) is 20.7. The summed E-state index contributed by atoms with van der Waals surface area (Å²) in [6.45, 7) is 3.05. The van der Waals surface area contributed by atoms with E-state index in [0.29, 0.717) is 24.3 Å². The summed E-state index contributed by atoms with van der Waals surface area (Å²) in [7, 11) is 2.16. The van der Waals surface area contributed by atoms with Crippen LogP contribution in [0.25, 0.3) is 0 Å². The van der Waals surface area contributed by atoms with Crippen LogP contribution in [0, 0.1) is 0 Å². The first-order valence-corrected chi connectivity index (χ1v) is 11.5. The average Bonchev–Trinajstić information content (AvgIpc) is 2.85. The average molecular weight is 446 g/mol. The number of quaternary nitrogens is 1. The van der Waals surface area contributed by atoms with Gasteiger partial charge >= 0.3 is 5.97 Å². The van der Waals surface area contributed by atoms with Gasteiger partial charge in [0.2, 0.25) is 0 Å². The Labute approximate surface area is 195 Å². The van der Waals surface area contributed by atoms with Crippen LogP contribution in [0.5, 0.6) is 5.75 Å². The van der Waals surface area contributed by atoms with E-state index < -0.39 is 11.6 Å². The highest BCUT2D eigenvalue weighted by atomic mass is 16.6. The van der Waals surface area contributed by atoms with Crippen LogP contribution < -0.4 is 9.84 Å². The molecular weight excluding hydrogens is 414 g/mol. The highest BCUT2D eigenvalue weighted by molar-refractivity contribution is 5.85. The lowest BCUT2D eigenvalue weighted by Crippen LogP contribution is -2.57. The quantitative estimate of drug-likeness (QED) is 0.393. The van der Waals surface area contributed by atoms with Crippen LogP contribution in [-0.2, 0) is 15.1 Å². The predicted octanol–water partition coefficient (Wildman–Crippen LogP) is 3.52. The fourth-order valence-corrected chi connectivity index (χ4v) is 4.56. The number of likely N-dealkylation sites (N-methyl/N-ethyl adjacent to an activating group) is 1. The Kier molecular flexibility index (Phi) is 7.11. The van der Waals surface area contributed by atoms with E-state index >= 15 is 0 Å². The molecule has 0 amide bonds. The van der Waals surface area contributed by atoms with Crippen molar-refractivity contribution in [2.45, 2.75) is 24.5 Å². The predicted molar refractivity (Wildman–Crippen MR) is 126 cm³/mol. The van der Waals surface area contributed by atoms with Gasteiger partial charge in [-0.3, -0.25) is 4.79 Å². The monoisotopic (exact) mass is 445 g/mol. The molecule has 0 aromatic heterocycles. The molecule has 0 saturated carbocycles. The van der Waals surface area contributed by atoms with Crippen LogP contribution in [0.4, 0.5) is 0 Å². The molecule has 5 nitrogen and oxygen atoms in total. The van der Waals surface area contributed by atoms with E-state index in [0.717, 1.165) is 36.2 Å².